The molecule has 26 heavy (non-hydrogen) atoms. The number of guanidine groups is 1. The van der Waals surface area contributed by atoms with Crippen LogP contribution in [0.1, 0.15) is 25.3 Å². The Labute approximate surface area is 174 Å². The fourth-order valence-electron chi connectivity index (χ4n) is 2.73. The van der Waals surface area contributed by atoms with Crippen molar-refractivity contribution in [1.29, 1.82) is 0 Å². The molecular weight excluding hydrogens is 443 g/mol. The van der Waals surface area contributed by atoms with E-state index >= 15 is 0 Å². The van der Waals surface area contributed by atoms with Crippen LogP contribution in [0.2, 0.25) is 0 Å². The molecule has 0 aliphatic carbocycles. The van der Waals surface area contributed by atoms with E-state index in [9.17, 15) is 0 Å². The van der Waals surface area contributed by atoms with Crippen LogP contribution in [-0.2, 0) is 16.0 Å². The lowest BCUT2D eigenvalue weighted by molar-refractivity contribution is 0.122. The Kier molecular flexibility index (Phi) is 12.4. The molecule has 0 spiro atoms. The Hall–Kier alpha value is -1.06. The minimum absolute atomic E-state index is 0. The van der Waals surface area contributed by atoms with Crippen molar-refractivity contribution in [3.63, 3.8) is 0 Å². The molecule has 1 aliphatic rings. The molecule has 0 amide bonds. The maximum absolute atomic E-state index is 5.40. The number of benzene rings is 1. The maximum Gasteiger partial charge on any atom is 0.191 e. The number of rotatable bonds is 9. The second-order valence-corrected chi connectivity index (χ2v) is 6.02. The van der Waals surface area contributed by atoms with Crippen LogP contribution in [0, 0.1) is 0 Å². The summed E-state index contributed by atoms with van der Waals surface area (Å²) in [6.45, 7) is 8.89. The Bertz CT molecular complexity index is 505. The van der Waals surface area contributed by atoms with Gasteiger partial charge in [0.25, 0.3) is 0 Å². The van der Waals surface area contributed by atoms with Crippen LogP contribution < -0.4 is 15.5 Å². The van der Waals surface area contributed by atoms with E-state index in [0.29, 0.717) is 0 Å². The normalized spacial score (nSPS) is 14.7. The summed E-state index contributed by atoms with van der Waals surface area (Å²) in [6.07, 6.45) is 2.15. The molecule has 1 fully saturated rings. The number of hydrogen-bond acceptors (Lipinski definition) is 4. The fraction of sp³-hybridized carbons (Fsp3) is 0.632. The van der Waals surface area contributed by atoms with Crippen molar-refractivity contribution in [2.45, 2.75) is 26.3 Å². The molecule has 2 N–H and O–H groups in total. The third-order valence-electron chi connectivity index (χ3n) is 4.21. The zero-order valence-corrected chi connectivity index (χ0v) is 18.3. The lowest BCUT2D eigenvalue weighted by Crippen LogP contribution is -2.37. The first-order valence-corrected chi connectivity index (χ1v) is 9.27. The predicted molar refractivity (Wildman–Crippen MR) is 119 cm³/mol. The van der Waals surface area contributed by atoms with Crippen LogP contribution >= 0.6 is 24.0 Å². The van der Waals surface area contributed by atoms with E-state index in [-0.39, 0.29) is 24.0 Å². The van der Waals surface area contributed by atoms with Gasteiger partial charge in [-0.05, 0) is 37.5 Å². The molecule has 1 aromatic rings. The summed E-state index contributed by atoms with van der Waals surface area (Å²) < 4.78 is 10.7. The van der Waals surface area contributed by atoms with Gasteiger partial charge in [-0.1, -0.05) is 12.1 Å². The largest absolute Gasteiger partial charge is 0.382 e. The minimum atomic E-state index is 0. The van der Waals surface area contributed by atoms with Crippen LogP contribution in [0.15, 0.2) is 29.3 Å². The molecule has 1 aliphatic heterocycles. The quantitative estimate of drug-likeness (QED) is 0.249. The van der Waals surface area contributed by atoms with Gasteiger partial charge in [0.2, 0.25) is 0 Å². The van der Waals surface area contributed by atoms with Gasteiger partial charge in [-0.15, -0.1) is 24.0 Å². The van der Waals surface area contributed by atoms with E-state index < -0.39 is 0 Å². The van der Waals surface area contributed by atoms with Crippen molar-refractivity contribution in [3.8, 4) is 0 Å². The Morgan fingerprint density at radius 2 is 1.88 bits per heavy atom. The molecule has 1 saturated heterocycles. The molecule has 6 nitrogen and oxygen atoms in total. The van der Waals surface area contributed by atoms with Crippen molar-refractivity contribution in [2.24, 2.45) is 4.99 Å². The SMILES string of the molecule is CCOCCCCNC(=NC)NCc1ccc(N2CCOCC2)cc1.I. The third-order valence-corrected chi connectivity index (χ3v) is 4.21. The third kappa shape index (κ3) is 8.55. The highest BCUT2D eigenvalue weighted by Crippen LogP contribution is 2.16. The molecule has 2 rings (SSSR count). The molecule has 0 bridgehead atoms. The average molecular weight is 476 g/mol. The van der Waals surface area contributed by atoms with Gasteiger partial charge in [-0.3, -0.25) is 4.99 Å². The molecule has 0 unspecified atom stereocenters. The number of anilines is 1. The first kappa shape index (κ1) is 23.0. The van der Waals surface area contributed by atoms with E-state index in [4.69, 9.17) is 9.47 Å². The van der Waals surface area contributed by atoms with Gasteiger partial charge in [-0.2, -0.15) is 0 Å². The monoisotopic (exact) mass is 476 g/mol. The molecule has 0 aromatic heterocycles. The first-order chi connectivity index (χ1) is 12.3. The van der Waals surface area contributed by atoms with Gasteiger partial charge in [0, 0.05) is 52.1 Å². The smallest absolute Gasteiger partial charge is 0.191 e. The number of halogens is 1. The van der Waals surface area contributed by atoms with Crippen LogP contribution in [-0.4, -0.2) is 59.1 Å². The summed E-state index contributed by atoms with van der Waals surface area (Å²) in [7, 11) is 1.80. The molecule has 148 valence electrons. The van der Waals surface area contributed by atoms with E-state index in [1.165, 1.54) is 11.3 Å². The van der Waals surface area contributed by atoms with Crippen LogP contribution in [0.5, 0.6) is 0 Å². The van der Waals surface area contributed by atoms with Crippen LogP contribution in [0.25, 0.3) is 0 Å². The zero-order chi connectivity index (χ0) is 17.7. The van der Waals surface area contributed by atoms with Crippen LogP contribution in [0.4, 0.5) is 5.69 Å². The van der Waals surface area contributed by atoms with Crippen molar-refractivity contribution in [2.75, 3.05) is 58.0 Å². The molecule has 1 heterocycles. The number of aliphatic imine (C=N–C) groups is 1. The highest BCUT2D eigenvalue weighted by atomic mass is 127. The zero-order valence-electron chi connectivity index (χ0n) is 16.0. The molecule has 0 saturated carbocycles. The first-order valence-electron chi connectivity index (χ1n) is 9.27. The molecule has 0 radical (unpaired) electrons. The molecule has 0 atom stereocenters. The van der Waals surface area contributed by atoms with Gasteiger partial charge in [0.05, 0.1) is 13.2 Å². The van der Waals surface area contributed by atoms with Gasteiger partial charge in [-0.25, -0.2) is 0 Å². The van der Waals surface area contributed by atoms with E-state index in [1.807, 2.05) is 6.92 Å². The van der Waals surface area contributed by atoms with Gasteiger partial charge in [0.1, 0.15) is 0 Å². The molecular formula is C19H33IN4O2. The Morgan fingerprint density at radius 3 is 2.54 bits per heavy atom. The highest BCUT2D eigenvalue weighted by molar-refractivity contribution is 14.0. The number of morpholine rings is 1. The van der Waals surface area contributed by atoms with Gasteiger partial charge in [0.15, 0.2) is 5.96 Å². The molecule has 1 aromatic carbocycles. The minimum Gasteiger partial charge on any atom is -0.382 e. The van der Waals surface area contributed by atoms with Crippen LogP contribution in [0.3, 0.4) is 0 Å². The number of nitrogens with one attached hydrogen (secondary N) is 2. The summed E-state index contributed by atoms with van der Waals surface area (Å²) >= 11 is 0. The lowest BCUT2D eigenvalue weighted by atomic mass is 10.2. The van der Waals surface area contributed by atoms with E-state index in [2.05, 4.69) is 44.8 Å². The summed E-state index contributed by atoms with van der Waals surface area (Å²) in [5.74, 6) is 0.841. The number of unbranched alkanes of at least 4 members (excludes halogenated alkanes) is 1. The summed E-state index contributed by atoms with van der Waals surface area (Å²) in [4.78, 5) is 6.63. The van der Waals surface area contributed by atoms with E-state index in [1.54, 1.807) is 7.05 Å². The van der Waals surface area contributed by atoms with Gasteiger partial charge < -0.3 is 25.0 Å². The highest BCUT2D eigenvalue weighted by Gasteiger charge is 2.10. The standard InChI is InChI=1S/C19H32N4O2.HI/c1-3-24-13-5-4-10-21-19(20-2)22-16-17-6-8-18(9-7-17)23-11-14-25-15-12-23;/h6-9H,3-5,10-16H2,1-2H3,(H2,20,21,22);1H. The van der Waals surface area contributed by atoms with Crippen molar-refractivity contribution < 1.29 is 9.47 Å². The number of nitrogens with zero attached hydrogens (tertiary/aromatic N) is 2. The summed E-state index contributed by atoms with van der Waals surface area (Å²) in [5, 5.41) is 6.70. The Balaban J connectivity index is 0.00000338. The van der Waals surface area contributed by atoms with Crippen molar-refractivity contribution >= 4 is 35.6 Å². The second kappa shape index (κ2) is 14.1. The summed E-state index contributed by atoms with van der Waals surface area (Å²) in [5.41, 5.74) is 2.51. The van der Waals surface area contributed by atoms with Gasteiger partial charge >= 0.3 is 0 Å². The second-order valence-electron chi connectivity index (χ2n) is 6.02. The van der Waals surface area contributed by atoms with E-state index in [0.717, 1.165) is 71.4 Å². The average Bonchev–Trinajstić information content (AvgIpc) is 2.68. The maximum atomic E-state index is 5.40. The Morgan fingerprint density at radius 1 is 1.15 bits per heavy atom. The number of hydrogen-bond donors (Lipinski definition) is 2. The predicted octanol–water partition coefficient (Wildman–Crippen LogP) is 2.62. The summed E-state index contributed by atoms with van der Waals surface area (Å²) in [6, 6.07) is 8.72. The molecule has 7 heteroatoms. The fourth-order valence-corrected chi connectivity index (χ4v) is 2.73. The topological polar surface area (TPSA) is 58.1 Å². The van der Waals surface area contributed by atoms with Crippen molar-refractivity contribution in [1.82, 2.24) is 10.6 Å². The lowest BCUT2D eigenvalue weighted by Gasteiger charge is -2.28. The van der Waals surface area contributed by atoms with Crippen molar-refractivity contribution in [3.05, 3.63) is 29.8 Å². The number of ether oxygens (including phenoxy) is 2.